The van der Waals surface area contributed by atoms with E-state index in [2.05, 4.69) is 36.4 Å². The van der Waals surface area contributed by atoms with Gasteiger partial charge in [0.25, 0.3) is 0 Å². The predicted octanol–water partition coefficient (Wildman–Crippen LogP) is 2.36. The minimum Gasteiger partial charge on any atom is -0.481 e. The van der Waals surface area contributed by atoms with Gasteiger partial charge in [0.1, 0.15) is 5.82 Å². The summed E-state index contributed by atoms with van der Waals surface area (Å²) in [6.07, 6.45) is 4.69. The molecule has 146 valence electrons. The molecule has 4 rings (SSSR count). The number of aryl methyl sites for hydroxylation is 1. The van der Waals surface area contributed by atoms with E-state index in [0.717, 1.165) is 57.1 Å². The molecule has 0 unspecified atom stereocenters. The van der Waals surface area contributed by atoms with Crippen LogP contribution in [0, 0.1) is 6.92 Å². The maximum absolute atomic E-state index is 5.27. The van der Waals surface area contributed by atoms with Gasteiger partial charge >= 0.3 is 0 Å². The number of likely N-dealkylation sites (tertiary alicyclic amines) is 1. The maximum atomic E-state index is 5.27. The van der Waals surface area contributed by atoms with E-state index in [-0.39, 0.29) is 0 Å². The van der Waals surface area contributed by atoms with E-state index < -0.39 is 0 Å². The third kappa shape index (κ3) is 4.47. The van der Waals surface area contributed by atoms with Crippen LogP contribution in [-0.2, 0) is 6.54 Å². The Bertz CT molecular complexity index is 747. The zero-order valence-corrected chi connectivity index (χ0v) is 16.4. The van der Waals surface area contributed by atoms with Gasteiger partial charge in [-0.2, -0.15) is 10.1 Å². The van der Waals surface area contributed by atoms with Crippen molar-refractivity contribution >= 4 is 0 Å². The average molecular weight is 371 g/mol. The molecule has 2 aromatic heterocycles. The summed E-state index contributed by atoms with van der Waals surface area (Å²) in [6, 6.07) is 4.19. The molecule has 0 spiro atoms. The van der Waals surface area contributed by atoms with Gasteiger partial charge in [-0.25, -0.2) is 4.98 Å². The molecule has 0 saturated carbocycles. The highest BCUT2D eigenvalue weighted by Crippen LogP contribution is 2.31. The fourth-order valence-electron chi connectivity index (χ4n) is 4.27. The van der Waals surface area contributed by atoms with Crippen LogP contribution in [0.1, 0.15) is 60.4 Å². The number of ether oxygens (including phenoxy) is 1. The van der Waals surface area contributed by atoms with Crippen molar-refractivity contribution < 1.29 is 4.74 Å². The summed E-state index contributed by atoms with van der Waals surface area (Å²) in [5.41, 5.74) is 3.53. The zero-order valence-electron chi connectivity index (χ0n) is 16.4. The largest absolute Gasteiger partial charge is 0.481 e. The number of piperidine rings is 2. The Labute approximate surface area is 160 Å². The van der Waals surface area contributed by atoms with Crippen LogP contribution in [0.5, 0.6) is 5.88 Å². The Hall–Kier alpha value is -1.99. The fraction of sp³-hybridized carbons (Fsp3) is 0.650. The van der Waals surface area contributed by atoms with Gasteiger partial charge in [0, 0.05) is 29.3 Å². The predicted molar refractivity (Wildman–Crippen MR) is 104 cm³/mol. The minimum absolute atomic E-state index is 0.581. The molecule has 27 heavy (non-hydrogen) atoms. The molecule has 2 aliphatic rings. The van der Waals surface area contributed by atoms with Crippen LogP contribution < -0.4 is 10.1 Å². The topological polar surface area (TPSA) is 79.0 Å². The maximum Gasteiger partial charge on any atom is 0.216 e. The third-order valence-electron chi connectivity index (χ3n) is 5.85. The lowest BCUT2D eigenvalue weighted by molar-refractivity contribution is 0.198. The number of aromatic amines is 1. The van der Waals surface area contributed by atoms with E-state index in [0.29, 0.717) is 17.7 Å². The van der Waals surface area contributed by atoms with Crippen molar-refractivity contribution in [2.75, 3.05) is 33.3 Å². The highest BCUT2D eigenvalue weighted by molar-refractivity contribution is 5.18. The lowest BCUT2D eigenvalue weighted by Crippen LogP contribution is -2.33. The van der Waals surface area contributed by atoms with E-state index >= 15 is 0 Å². The molecule has 0 atom stereocenters. The van der Waals surface area contributed by atoms with E-state index in [1.165, 1.54) is 24.2 Å². The molecule has 0 amide bonds. The van der Waals surface area contributed by atoms with Gasteiger partial charge in [-0.05, 0) is 64.9 Å². The molecular weight excluding hydrogens is 340 g/mol. The van der Waals surface area contributed by atoms with Crippen LogP contribution >= 0.6 is 0 Å². The second-order valence-corrected chi connectivity index (χ2v) is 7.79. The van der Waals surface area contributed by atoms with Crippen LogP contribution in [0.25, 0.3) is 0 Å². The SMILES string of the molecule is COc1cc(C)nc(CN2CCC(c3cc(C4CCNCC4)n[nH]3)CC2)n1. The Balaban J connectivity index is 1.32. The van der Waals surface area contributed by atoms with E-state index in [4.69, 9.17) is 4.74 Å². The van der Waals surface area contributed by atoms with Gasteiger partial charge < -0.3 is 10.1 Å². The quantitative estimate of drug-likeness (QED) is 0.841. The molecule has 2 saturated heterocycles. The normalized spacial score (nSPS) is 20.1. The number of aromatic nitrogens is 4. The second-order valence-electron chi connectivity index (χ2n) is 7.79. The first-order valence-electron chi connectivity index (χ1n) is 10.1. The van der Waals surface area contributed by atoms with Crippen molar-refractivity contribution in [2.24, 2.45) is 0 Å². The van der Waals surface area contributed by atoms with Crippen molar-refractivity contribution in [3.63, 3.8) is 0 Å². The summed E-state index contributed by atoms with van der Waals surface area (Å²) in [6.45, 7) is 7.11. The Morgan fingerprint density at radius 2 is 1.85 bits per heavy atom. The summed E-state index contributed by atoms with van der Waals surface area (Å²) in [4.78, 5) is 11.5. The first-order valence-corrected chi connectivity index (χ1v) is 10.1. The molecule has 2 N–H and O–H groups in total. The summed E-state index contributed by atoms with van der Waals surface area (Å²) in [5, 5.41) is 11.4. The summed E-state index contributed by atoms with van der Waals surface area (Å²) in [7, 11) is 1.65. The third-order valence-corrected chi connectivity index (χ3v) is 5.85. The molecule has 0 bridgehead atoms. The van der Waals surface area contributed by atoms with Crippen molar-refractivity contribution in [3.8, 4) is 5.88 Å². The lowest BCUT2D eigenvalue weighted by Gasteiger charge is -2.30. The fourth-order valence-corrected chi connectivity index (χ4v) is 4.27. The number of rotatable bonds is 5. The number of hydrogen-bond donors (Lipinski definition) is 2. The Morgan fingerprint density at radius 3 is 2.59 bits per heavy atom. The Morgan fingerprint density at radius 1 is 1.07 bits per heavy atom. The van der Waals surface area contributed by atoms with Crippen molar-refractivity contribution in [3.05, 3.63) is 35.0 Å². The molecule has 0 aliphatic carbocycles. The molecule has 2 aliphatic heterocycles. The average Bonchev–Trinajstić information content (AvgIpc) is 3.19. The lowest BCUT2D eigenvalue weighted by atomic mass is 9.90. The van der Waals surface area contributed by atoms with Gasteiger partial charge in [-0.15, -0.1) is 0 Å². The Kier molecular flexibility index (Phi) is 5.69. The second kappa shape index (κ2) is 8.35. The minimum atomic E-state index is 0.581. The smallest absolute Gasteiger partial charge is 0.216 e. The number of H-pyrrole nitrogens is 1. The molecule has 0 radical (unpaired) electrons. The molecule has 2 aromatic rings. The van der Waals surface area contributed by atoms with Crippen LogP contribution in [0.2, 0.25) is 0 Å². The van der Waals surface area contributed by atoms with Crippen LogP contribution in [0.3, 0.4) is 0 Å². The van der Waals surface area contributed by atoms with Gasteiger partial charge in [0.2, 0.25) is 5.88 Å². The van der Waals surface area contributed by atoms with Crippen LogP contribution in [0.4, 0.5) is 0 Å². The zero-order chi connectivity index (χ0) is 18.6. The van der Waals surface area contributed by atoms with E-state index in [9.17, 15) is 0 Å². The summed E-state index contributed by atoms with van der Waals surface area (Å²) >= 11 is 0. The highest BCUT2D eigenvalue weighted by atomic mass is 16.5. The summed E-state index contributed by atoms with van der Waals surface area (Å²) in [5.74, 6) is 2.69. The molecule has 4 heterocycles. The number of methoxy groups -OCH3 is 1. The van der Waals surface area contributed by atoms with Crippen LogP contribution in [-0.4, -0.2) is 58.4 Å². The first-order chi connectivity index (χ1) is 13.2. The standard InChI is InChI=1S/C20H30N6O/c1-14-11-20(27-2)23-19(22-14)13-26-9-5-16(6-10-26)18-12-17(24-25-18)15-3-7-21-8-4-15/h11-12,15-16,21H,3-10,13H2,1-2H3,(H,24,25). The highest BCUT2D eigenvalue weighted by Gasteiger charge is 2.25. The van der Waals surface area contributed by atoms with E-state index in [1.807, 2.05) is 13.0 Å². The molecule has 0 aromatic carbocycles. The van der Waals surface area contributed by atoms with Crippen molar-refractivity contribution in [1.82, 2.24) is 30.4 Å². The molecule has 7 heteroatoms. The van der Waals surface area contributed by atoms with Crippen LogP contribution in [0.15, 0.2) is 12.1 Å². The number of nitrogens with one attached hydrogen (secondary N) is 2. The van der Waals surface area contributed by atoms with Gasteiger partial charge in [0.05, 0.1) is 19.3 Å². The van der Waals surface area contributed by atoms with Gasteiger partial charge in [-0.3, -0.25) is 10.00 Å². The monoisotopic (exact) mass is 370 g/mol. The first kappa shape index (κ1) is 18.4. The van der Waals surface area contributed by atoms with Crippen molar-refractivity contribution in [2.45, 2.75) is 51.0 Å². The van der Waals surface area contributed by atoms with Gasteiger partial charge in [0.15, 0.2) is 0 Å². The van der Waals surface area contributed by atoms with Gasteiger partial charge in [-0.1, -0.05) is 0 Å². The summed E-state index contributed by atoms with van der Waals surface area (Å²) < 4.78 is 5.27. The molecule has 2 fully saturated rings. The number of hydrogen-bond acceptors (Lipinski definition) is 6. The number of nitrogens with zero attached hydrogens (tertiary/aromatic N) is 4. The molecule has 7 nitrogen and oxygen atoms in total. The van der Waals surface area contributed by atoms with Crippen molar-refractivity contribution in [1.29, 1.82) is 0 Å². The molecular formula is C20H30N6O. The van der Waals surface area contributed by atoms with E-state index in [1.54, 1.807) is 7.11 Å².